The summed E-state index contributed by atoms with van der Waals surface area (Å²) in [5.41, 5.74) is 0.947. The molecule has 0 aliphatic heterocycles. The van der Waals surface area contributed by atoms with E-state index in [1.165, 1.54) is 0 Å². The predicted octanol–water partition coefficient (Wildman–Crippen LogP) is 1.54. The van der Waals surface area contributed by atoms with Gasteiger partial charge in [-0.05, 0) is 24.5 Å². The summed E-state index contributed by atoms with van der Waals surface area (Å²) >= 11 is 0. The molecule has 5 heteroatoms. The zero-order valence-electron chi connectivity index (χ0n) is 11.0. The molecule has 1 aliphatic rings. The van der Waals surface area contributed by atoms with Gasteiger partial charge in [-0.25, -0.2) is 0 Å². The van der Waals surface area contributed by atoms with Crippen LogP contribution in [0.2, 0.25) is 0 Å². The van der Waals surface area contributed by atoms with Gasteiger partial charge in [0, 0.05) is 26.0 Å². The lowest BCUT2D eigenvalue weighted by Crippen LogP contribution is -2.36. The van der Waals surface area contributed by atoms with Gasteiger partial charge in [0.05, 0.1) is 11.8 Å². The molecule has 1 saturated carbocycles. The summed E-state index contributed by atoms with van der Waals surface area (Å²) in [6, 6.07) is 3.73. The third-order valence-electron chi connectivity index (χ3n) is 3.67. The van der Waals surface area contributed by atoms with Crippen molar-refractivity contribution in [1.82, 2.24) is 9.88 Å². The average molecular weight is 262 g/mol. The van der Waals surface area contributed by atoms with Gasteiger partial charge in [-0.15, -0.1) is 0 Å². The highest BCUT2D eigenvalue weighted by Gasteiger charge is 2.38. The minimum Gasteiger partial charge on any atom is -0.481 e. The van der Waals surface area contributed by atoms with Crippen LogP contribution in [0.1, 0.15) is 24.8 Å². The van der Waals surface area contributed by atoms with E-state index in [2.05, 4.69) is 4.98 Å². The van der Waals surface area contributed by atoms with Gasteiger partial charge in [0.1, 0.15) is 0 Å². The minimum atomic E-state index is -0.856. The summed E-state index contributed by atoms with van der Waals surface area (Å²) in [6.45, 7) is 0.468. The number of carbonyl (C=O) groups is 2. The standard InChI is InChI=1S/C14H18N2O3/c1-16(9-10-4-3-7-15-8-10)13(17)11-5-2-6-12(11)14(18)19/h3-4,7-8,11-12H,2,5-6,9H2,1H3,(H,18,19). The van der Waals surface area contributed by atoms with Crippen LogP contribution in [0.25, 0.3) is 0 Å². The van der Waals surface area contributed by atoms with Crippen molar-refractivity contribution >= 4 is 11.9 Å². The molecule has 0 radical (unpaired) electrons. The van der Waals surface area contributed by atoms with Crippen molar-refractivity contribution in [1.29, 1.82) is 0 Å². The molecule has 2 atom stereocenters. The van der Waals surface area contributed by atoms with E-state index < -0.39 is 11.9 Å². The van der Waals surface area contributed by atoms with Crippen LogP contribution in [-0.2, 0) is 16.1 Å². The van der Waals surface area contributed by atoms with Crippen LogP contribution in [-0.4, -0.2) is 33.9 Å². The first-order valence-electron chi connectivity index (χ1n) is 6.46. The van der Waals surface area contributed by atoms with Gasteiger partial charge >= 0.3 is 5.97 Å². The van der Waals surface area contributed by atoms with E-state index in [9.17, 15) is 9.59 Å². The third kappa shape index (κ3) is 3.10. The van der Waals surface area contributed by atoms with E-state index in [0.717, 1.165) is 12.0 Å². The maximum Gasteiger partial charge on any atom is 0.307 e. The SMILES string of the molecule is CN(Cc1cccnc1)C(=O)C1CCCC1C(=O)O. The second-order valence-corrected chi connectivity index (χ2v) is 5.04. The Kier molecular flexibility index (Phi) is 4.14. The number of rotatable bonds is 4. The molecule has 5 nitrogen and oxygen atoms in total. The van der Waals surface area contributed by atoms with Gasteiger partial charge in [0.2, 0.25) is 5.91 Å². The van der Waals surface area contributed by atoms with Gasteiger partial charge in [-0.3, -0.25) is 14.6 Å². The van der Waals surface area contributed by atoms with E-state index in [1.807, 2.05) is 12.1 Å². The Labute approximate surface area is 112 Å². The first-order chi connectivity index (χ1) is 9.09. The molecule has 1 aliphatic carbocycles. The van der Waals surface area contributed by atoms with E-state index in [4.69, 9.17) is 5.11 Å². The quantitative estimate of drug-likeness (QED) is 0.893. The number of hydrogen-bond acceptors (Lipinski definition) is 3. The van der Waals surface area contributed by atoms with Crippen molar-refractivity contribution in [3.63, 3.8) is 0 Å². The molecule has 1 aromatic heterocycles. The monoisotopic (exact) mass is 262 g/mol. The molecule has 0 spiro atoms. The number of nitrogens with zero attached hydrogens (tertiary/aromatic N) is 2. The van der Waals surface area contributed by atoms with Gasteiger partial charge < -0.3 is 10.0 Å². The van der Waals surface area contributed by atoms with Gasteiger partial charge in [0.25, 0.3) is 0 Å². The van der Waals surface area contributed by atoms with Crippen molar-refractivity contribution in [2.24, 2.45) is 11.8 Å². The van der Waals surface area contributed by atoms with Crippen LogP contribution in [0.15, 0.2) is 24.5 Å². The molecule has 1 fully saturated rings. The van der Waals surface area contributed by atoms with Crippen LogP contribution >= 0.6 is 0 Å². The molecular weight excluding hydrogens is 244 g/mol. The molecule has 1 amide bonds. The third-order valence-corrected chi connectivity index (χ3v) is 3.67. The number of aliphatic carboxylic acids is 1. The minimum absolute atomic E-state index is 0.0752. The molecular formula is C14H18N2O3. The van der Waals surface area contributed by atoms with Crippen molar-refractivity contribution in [3.8, 4) is 0 Å². The van der Waals surface area contributed by atoms with Crippen LogP contribution in [0.3, 0.4) is 0 Å². The Morgan fingerprint density at radius 1 is 1.42 bits per heavy atom. The van der Waals surface area contributed by atoms with Crippen LogP contribution in [0, 0.1) is 11.8 Å². The summed E-state index contributed by atoms with van der Waals surface area (Å²) in [6.07, 6.45) is 5.49. The number of hydrogen-bond donors (Lipinski definition) is 1. The van der Waals surface area contributed by atoms with Crippen molar-refractivity contribution in [2.75, 3.05) is 7.05 Å². The molecule has 2 rings (SSSR count). The molecule has 1 heterocycles. The molecule has 0 aromatic carbocycles. The first kappa shape index (κ1) is 13.5. The lowest BCUT2D eigenvalue weighted by atomic mass is 9.95. The summed E-state index contributed by atoms with van der Waals surface area (Å²) in [7, 11) is 1.71. The predicted molar refractivity (Wildman–Crippen MR) is 69.2 cm³/mol. The van der Waals surface area contributed by atoms with Gasteiger partial charge in [-0.1, -0.05) is 12.5 Å². The van der Waals surface area contributed by atoms with E-state index in [0.29, 0.717) is 19.4 Å². The summed E-state index contributed by atoms with van der Waals surface area (Å²) < 4.78 is 0. The second kappa shape index (κ2) is 5.82. The zero-order valence-corrected chi connectivity index (χ0v) is 11.0. The highest BCUT2D eigenvalue weighted by molar-refractivity contribution is 5.85. The highest BCUT2D eigenvalue weighted by atomic mass is 16.4. The number of carboxylic acids is 1. The Morgan fingerprint density at radius 3 is 2.79 bits per heavy atom. The smallest absolute Gasteiger partial charge is 0.307 e. The number of carbonyl (C=O) groups excluding carboxylic acids is 1. The molecule has 102 valence electrons. The fourth-order valence-corrected chi connectivity index (χ4v) is 2.68. The van der Waals surface area contributed by atoms with Gasteiger partial charge in [-0.2, -0.15) is 0 Å². The van der Waals surface area contributed by atoms with E-state index in [1.54, 1.807) is 24.3 Å². The number of aromatic nitrogens is 1. The van der Waals surface area contributed by atoms with Crippen LogP contribution in [0.5, 0.6) is 0 Å². The number of carboxylic acid groups (broad SMARTS) is 1. The number of amides is 1. The Bertz CT molecular complexity index is 461. The Morgan fingerprint density at radius 2 is 2.16 bits per heavy atom. The molecule has 19 heavy (non-hydrogen) atoms. The normalized spacial score (nSPS) is 22.2. The maximum atomic E-state index is 12.3. The molecule has 1 N–H and O–H groups in total. The lowest BCUT2D eigenvalue weighted by Gasteiger charge is -2.23. The summed E-state index contributed by atoms with van der Waals surface area (Å²) in [5, 5.41) is 9.12. The molecule has 0 saturated heterocycles. The van der Waals surface area contributed by atoms with Crippen molar-refractivity contribution in [2.45, 2.75) is 25.8 Å². The average Bonchev–Trinajstić information content (AvgIpc) is 2.88. The Hall–Kier alpha value is -1.91. The molecule has 2 unspecified atom stereocenters. The van der Waals surface area contributed by atoms with Crippen molar-refractivity contribution in [3.05, 3.63) is 30.1 Å². The molecule has 1 aromatic rings. The zero-order chi connectivity index (χ0) is 13.8. The Balaban J connectivity index is 2.01. The highest BCUT2D eigenvalue weighted by Crippen LogP contribution is 2.33. The van der Waals surface area contributed by atoms with Crippen LogP contribution < -0.4 is 0 Å². The van der Waals surface area contributed by atoms with Crippen molar-refractivity contribution < 1.29 is 14.7 Å². The largest absolute Gasteiger partial charge is 0.481 e. The lowest BCUT2D eigenvalue weighted by molar-refractivity contribution is -0.148. The maximum absolute atomic E-state index is 12.3. The fraction of sp³-hybridized carbons (Fsp3) is 0.500. The van der Waals surface area contributed by atoms with Gasteiger partial charge in [0.15, 0.2) is 0 Å². The van der Waals surface area contributed by atoms with E-state index in [-0.39, 0.29) is 11.8 Å². The first-order valence-corrected chi connectivity index (χ1v) is 6.46. The van der Waals surface area contributed by atoms with E-state index >= 15 is 0 Å². The number of pyridine rings is 1. The summed E-state index contributed by atoms with van der Waals surface area (Å²) in [4.78, 5) is 29.0. The molecule has 0 bridgehead atoms. The topological polar surface area (TPSA) is 70.5 Å². The fourth-order valence-electron chi connectivity index (χ4n) is 2.68. The second-order valence-electron chi connectivity index (χ2n) is 5.04. The van der Waals surface area contributed by atoms with Crippen LogP contribution in [0.4, 0.5) is 0 Å². The summed E-state index contributed by atoms with van der Waals surface area (Å²) in [5.74, 6) is -1.83.